The highest BCUT2D eigenvalue weighted by molar-refractivity contribution is 8.00. The number of hydrogen-bond donors (Lipinski definition) is 1. The highest BCUT2D eigenvalue weighted by Crippen LogP contribution is 2.31. The summed E-state index contributed by atoms with van der Waals surface area (Å²) in [7, 11) is 1.69. The predicted octanol–water partition coefficient (Wildman–Crippen LogP) is 4.50. The van der Waals surface area contributed by atoms with Crippen molar-refractivity contribution in [2.24, 2.45) is 0 Å². The van der Waals surface area contributed by atoms with Gasteiger partial charge in [-0.3, -0.25) is 4.79 Å². The molecule has 1 atom stereocenters. The van der Waals surface area contributed by atoms with Gasteiger partial charge >= 0.3 is 0 Å². The third-order valence-electron chi connectivity index (χ3n) is 4.54. The van der Waals surface area contributed by atoms with E-state index in [1.54, 1.807) is 31.0 Å². The number of para-hydroxylation sites is 1. The zero-order valence-corrected chi connectivity index (χ0v) is 16.7. The Morgan fingerprint density at radius 1 is 1.24 bits per heavy atom. The van der Waals surface area contributed by atoms with Gasteiger partial charge in [0.15, 0.2) is 0 Å². The first-order valence-electron chi connectivity index (χ1n) is 9.07. The standard InChI is InChI=1S/C21H19FN4O2S/c1-13(20(27)26(2)12-14-6-5-7-15(22)10-14)29-21-25-24-19(28-21)17-11-23-18-9-4-3-8-16(17)18/h3-11,13,23H,12H2,1-2H3/t13-/m0/s1. The van der Waals surface area contributed by atoms with E-state index in [0.29, 0.717) is 17.7 Å². The van der Waals surface area contributed by atoms with Gasteiger partial charge in [-0.05, 0) is 30.7 Å². The summed E-state index contributed by atoms with van der Waals surface area (Å²) in [6.07, 6.45) is 1.83. The predicted molar refractivity (Wildman–Crippen MR) is 110 cm³/mol. The molecule has 1 N–H and O–H groups in total. The fourth-order valence-corrected chi connectivity index (χ4v) is 3.91. The molecule has 2 aromatic heterocycles. The molecule has 6 nitrogen and oxygen atoms in total. The molecule has 29 heavy (non-hydrogen) atoms. The van der Waals surface area contributed by atoms with Crippen molar-refractivity contribution < 1.29 is 13.6 Å². The fraction of sp³-hybridized carbons (Fsp3) is 0.190. The minimum absolute atomic E-state index is 0.105. The third kappa shape index (κ3) is 4.17. The molecular weight excluding hydrogens is 391 g/mol. The summed E-state index contributed by atoms with van der Waals surface area (Å²) in [4.78, 5) is 17.4. The smallest absolute Gasteiger partial charge is 0.277 e. The van der Waals surface area contributed by atoms with Crippen LogP contribution >= 0.6 is 11.8 Å². The maximum atomic E-state index is 13.3. The van der Waals surface area contributed by atoms with Crippen molar-refractivity contribution in [3.63, 3.8) is 0 Å². The monoisotopic (exact) mass is 410 g/mol. The van der Waals surface area contributed by atoms with Gasteiger partial charge in [0.25, 0.3) is 11.1 Å². The average Bonchev–Trinajstić information content (AvgIpc) is 3.34. The molecule has 0 radical (unpaired) electrons. The van der Waals surface area contributed by atoms with E-state index in [1.165, 1.54) is 23.9 Å². The summed E-state index contributed by atoms with van der Waals surface area (Å²) in [5.74, 6) is -0.0229. The van der Waals surface area contributed by atoms with Crippen molar-refractivity contribution in [1.82, 2.24) is 20.1 Å². The molecule has 0 saturated carbocycles. The maximum Gasteiger partial charge on any atom is 0.277 e. The Morgan fingerprint density at radius 2 is 2.07 bits per heavy atom. The van der Waals surface area contributed by atoms with Crippen molar-refractivity contribution in [3.8, 4) is 11.5 Å². The molecule has 0 fully saturated rings. The Balaban J connectivity index is 1.43. The van der Waals surface area contributed by atoms with Crippen LogP contribution in [-0.2, 0) is 11.3 Å². The van der Waals surface area contributed by atoms with Gasteiger partial charge in [0, 0.05) is 30.7 Å². The molecule has 0 unspecified atom stereocenters. The van der Waals surface area contributed by atoms with E-state index < -0.39 is 5.25 Å². The molecule has 1 amide bonds. The lowest BCUT2D eigenvalue weighted by Gasteiger charge is -2.20. The van der Waals surface area contributed by atoms with Crippen LogP contribution in [0.3, 0.4) is 0 Å². The molecular formula is C21H19FN4O2S. The highest BCUT2D eigenvalue weighted by Gasteiger charge is 2.22. The van der Waals surface area contributed by atoms with Gasteiger partial charge in [0.2, 0.25) is 5.91 Å². The number of nitrogens with zero attached hydrogens (tertiary/aromatic N) is 3. The number of aromatic amines is 1. The second-order valence-corrected chi connectivity index (χ2v) is 8.00. The average molecular weight is 410 g/mol. The minimum Gasteiger partial charge on any atom is -0.411 e. The van der Waals surface area contributed by atoms with Crippen LogP contribution in [0.15, 0.2) is 64.4 Å². The van der Waals surface area contributed by atoms with Crippen molar-refractivity contribution in [3.05, 3.63) is 66.1 Å². The molecule has 0 saturated heterocycles. The van der Waals surface area contributed by atoms with E-state index in [1.807, 2.05) is 30.5 Å². The molecule has 8 heteroatoms. The number of H-pyrrole nitrogens is 1. The van der Waals surface area contributed by atoms with Gasteiger partial charge in [-0.15, -0.1) is 10.2 Å². The third-order valence-corrected chi connectivity index (χ3v) is 5.46. The van der Waals surface area contributed by atoms with Crippen molar-refractivity contribution in [2.75, 3.05) is 7.05 Å². The van der Waals surface area contributed by atoms with E-state index in [0.717, 1.165) is 22.0 Å². The molecule has 148 valence electrons. The zero-order valence-electron chi connectivity index (χ0n) is 15.9. The number of thioether (sulfide) groups is 1. The van der Waals surface area contributed by atoms with Gasteiger partial charge in [0.05, 0.1) is 10.8 Å². The van der Waals surface area contributed by atoms with E-state index in [9.17, 15) is 9.18 Å². The van der Waals surface area contributed by atoms with Crippen LogP contribution in [-0.4, -0.2) is 38.3 Å². The SMILES string of the molecule is C[C@H](Sc1nnc(-c2c[nH]c3ccccc23)o1)C(=O)N(C)Cc1cccc(F)c1. The Hall–Kier alpha value is -3.13. The quantitative estimate of drug-likeness (QED) is 0.474. The van der Waals surface area contributed by atoms with Gasteiger partial charge in [-0.2, -0.15) is 0 Å². The topological polar surface area (TPSA) is 75.0 Å². The molecule has 4 aromatic rings. The summed E-state index contributed by atoms with van der Waals surface area (Å²) >= 11 is 1.20. The first kappa shape index (κ1) is 19.2. The first-order valence-corrected chi connectivity index (χ1v) is 9.95. The number of rotatable bonds is 6. The van der Waals surface area contributed by atoms with E-state index in [2.05, 4.69) is 15.2 Å². The Morgan fingerprint density at radius 3 is 2.90 bits per heavy atom. The number of hydrogen-bond acceptors (Lipinski definition) is 5. The normalized spacial score (nSPS) is 12.2. The molecule has 0 aliphatic rings. The highest BCUT2D eigenvalue weighted by atomic mass is 32.2. The summed E-state index contributed by atoms with van der Waals surface area (Å²) < 4.78 is 19.1. The number of fused-ring (bicyclic) bond motifs is 1. The van der Waals surface area contributed by atoms with E-state index in [4.69, 9.17) is 4.42 Å². The van der Waals surface area contributed by atoms with Crippen LogP contribution in [0.4, 0.5) is 4.39 Å². The molecule has 0 aliphatic carbocycles. The lowest BCUT2D eigenvalue weighted by atomic mass is 10.2. The fourth-order valence-electron chi connectivity index (χ4n) is 3.11. The molecule has 0 aliphatic heterocycles. The van der Waals surface area contributed by atoms with E-state index >= 15 is 0 Å². The number of nitrogens with one attached hydrogen (secondary N) is 1. The lowest BCUT2D eigenvalue weighted by molar-refractivity contribution is -0.129. The minimum atomic E-state index is -0.426. The molecule has 2 heterocycles. The summed E-state index contributed by atoms with van der Waals surface area (Å²) in [6.45, 7) is 2.11. The van der Waals surface area contributed by atoms with Crippen molar-refractivity contribution >= 4 is 28.6 Å². The number of carbonyl (C=O) groups excluding carboxylic acids is 1. The summed E-state index contributed by atoms with van der Waals surface area (Å²) in [5, 5.41) is 9.08. The van der Waals surface area contributed by atoms with Gasteiger partial charge in [0.1, 0.15) is 5.82 Å². The number of halogens is 1. The van der Waals surface area contributed by atoms with Crippen LogP contribution < -0.4 is 0 Å². The van der Waals surface area contributed by atoms with E-state index in [-0.39, 0.29) is 11.7 Å². The largest absolute Gasteiger partial charge is 0.411 e. The lowest BCUT2D eigenvalue weighted by Crippen LogP contribution is -2.32. The molecule has 0 bridgehead atoms. The van der Waals surface area contributed by atoms with Crippen LogP contribution in [0.5, 0.6) is 0 Å². The second-order valence-electron chi connectivity index (χ2n) is 6.71. The number of benzene rings is 2. The number of aromatic nitrogens is 3. The van der Waals surface area contributed by atoms with Crippen LogP contribution in [0.1, 0.15) is 12.5 Å². The molecule has 2 aromatic carbocycles. The van der Waals surface area contributed by atoms with Crippen LogP contribution in [0, 0.1) is 5.82 Å². The van der Waals surface area contributed by atoms with Crippen molar-refractivity contribution in [1.29, 1.82) is 0 Å². The van der Waals surface area contributed by atoms with Crippen LogP contribution in [0.25, 0.3) is 22.4 Å². The summed E-state index contributed by atoms with van der Waals surface area (Å²) in [6, 6.07) is 14.1. The Labute approximate surface area is 171 Å². The van der Waals surface area contributed by atoms with Crippen molar-refractivity contribution in [2.45, 2.75) is 23.9 Å². The number of carbonyl (C=O) groups is 1. The molecule has 4 rings (SSSR count). The zero-order chi connectivity index (χ0) is 20.4. The second kappa shape index (κ2) is 8.08. The summed E-state index contributed by atoms with van der Waals surface area (Å²) in [5.41, 5.74) is 2.54. The van der Waals surface area contributed by atoms with Crippen LogP contribution in [0.2, 0.25) is 0 Å². The Kier molecular flexibility index (Phi) is 5.35. The van der Waals surface area contributed by atoms with Gasteiger partial charge < -0.3 is 14.3 Å². The maximum absolute atomic E-state index is 13.3. The first-order chi connectivity index (χ1) is 14.0. The van der Waals surface area contributed by atoms with Gasteiger partial charge in [-0.25, -0.2) is 4.39 Å². The number of amides is 1. The van der Waals surface area contributed by atoms with Gasteiger partial charge in [-0.1, -0.05) is 42.1 Å². The molecule has 0 spiro atoms. The Bertz CT molecular complexity index is 1160.